The molecular weight excluding hydrogens is 426 g/mol. The molecule has 188 valence electrons. The maximum atomic E-state index is 13.1. The molecule has 0 aliphatic heterocycles. The Bertz CT molecular complexity index is 643. The number of carbonyl (C=O) groups excluding carboxylic acids is 2. The van der Waals surface area contributed by atoms with Crippen LogP contribution in [0.15, 0.2) is 18.2 Å². The van der Waals surface area contributed by atoms with Gasteiger partial charge in [-0.2, -0.15) is 0 Å². The van der Waals surface area contributed by atoms with Crippen molar-refractivity contribution in [3.8, 4) is 5.75 Å². The summed E-state index contributed by atoms with van der Waals surface area (Å²) < 4.78 is 36.2. The Labute approximate surface area is 198 Å². The van der Waals surface area contributed by atoms with Crippen LogP contribution in [0.3, 0.4) is 0 Å². The highest BCUT2D eigenvalue weighted by Crippen LogP contribution is 2.16. The maximum absolute atomic E-state index is 13.1. The molecule has 0 aliphatic carbocycles. The molecule has 6 heteroatoms. The van der Waals surface area contributed by atoms with Gasteiger partial charge in [0.25, 0.3) is 0 Å². The van der Waals surface area contributed by atoms with Crippen LogP contribution >= 0.6 is 0 Å². The largest absolute Gasteiger partial charge is 0.466 e. The Balaban J connectivity index is 1.88. The average molecular weight is 469 g/mol. The van der Waals surface area contributed by atoms with Crippen molar-refractivity contribution in [2.24, 2.45) is 0 Å². The highest BCUT2D eigenvalue weighted by molar-refractivity contribution is 5.74. The fourth-order valence-corrected chi connectivity index (χ4v) is 3.70. The molecule has 4 nitrogen and oxygen atoms in total. The lowest BCUT2D eigenvalue weighted by Crippen LogP contribution is -2.10. The summed E-state index contributed by atoms with van der Waals surface area (Å²) in [6.45, 7) is 2.66. The minimum atomic E-state index is -0.815. The maximum Gasteiger partial charge on any atom is 0.311 e. The van der Waals surface area contributed by atoms with E-state index in [1.807, 2.05) is 0 Å². The molecule has 1 rings (SSSR count). The molecule has 0 N–H and O–H groups in total. The summed E-state index contributed by atoms with van der Waals surface area (Å²) in [6, 6.07) is 2.57. The van der Waals surface area contributed by atoms with E-state index in [1.165, 1.54) is 77.0 Å². The van der Waals surface area contributed by atoms with Gasteiger partial charge in [0.15, 0.2) is 0 Å². The van der Waals surface area contributed by atoms with Gasteiger partial charge in [0, 0.05) is 31.0 Å². The summed E-state index contributed by atoms with van der Waals surface area (Å²) >= 11 is 0. The number of rotatable bonds is 20. The SMILES string of the molecule is CCCCCCCCCCCCCCCCOC(=O)CCCC(=O)Oc1cc(F)cc(F)c1. The van der Waals surface area contributed by atoms with Crippen LogP contribution in [-0.2, 0) is 14.3 Å². The summed E-state index contributed by atoms with van der Waals surface area (Å²) in [5.41, 5.74) is 0. The van der Waals surface area contributed by atoms with Crippen LogP contribution in [0.1, 0.15) is 116 Å². The molecule has 0 unspecified atom stereocenters. The smallest absolute Gasteiger partial charge is 0.311 e. The number of ether oxygens (including phenoxy) is 2. The van der Waals surface area contributed by atoms with Crippen LogP contribution in [0.25, 0.3) is 0 Å². The van der Waals surface area contributed by atoms with Gasteiger partial charge in [-0.1, -0.05) is 90.4 Å². The van der Waals surface area contributed by atoms with Crippen molar-refractivity contribution in [3.05, 3.63) is 29.8 Å². The highest BCUT2D eigenvalue weighted by Gasteiger charge is 2.10. The number of hydrogen-bond acceptors (Lipinski definition) is 4. The first kappa shape index (κ1) is 29.1. The zero-order chi connectivity index (χ0) is 24.2. The summed E-state index contributed by atoms with van der Waals surface area (Å²) in [6.07, 6.45) is 18.2. The molecule has 0 radical (unpaired) electrons. The van der Waals surface area contributed by atoms with Crippen molar-refractivity contribution >= 4 is 11.9 Å². The molecule has 1 aromatic rings. The zero-order valence-corrected chi connectivity index (χ0v) is 20.3. The minimum Gasteiger partial charge on any atom is -0.466 e. The zero-order valence-electron chi connectivity index (χ0n) is 20.3. The van der Waals surface area contributed by atoms with Crippen molar-refractivity contribution in [1.29, 1.82) is 0 Å². The van der Waals surface area contributed by atoms with Gasteiger partial charge in [0.05, 0.1) is 6.61 Å². The fourth-order valence-electron chi connectivity index (χ4n) is 3.70. The third-order valence-electron chi connectivity index (χ3n) is 5.59. The molecule has 1 aromatic carbocycles. The second kappa shape index (κ2) is 19.5. The molecule has 0 aliphatic rings. The van der Waals surface area contributed by atoms with Gasteiger partial charge in [-0.25, -0.2) is 8.78 Å². The summed E-state index contributed by atoms with van der Waals surface area (Å²) in [7, 11) is 0. The van der Waals surface area contributed by atoms with E-state index in [0.29, 0.717) is 12.7 Å². The number of halogens is 2. The molecule has 0 aromatic heterocycles. The van der Waals surface area contributed by atoms with Gasteiger partial charge >= 0.3 is 11.9 Å². The topological polar surface area (TPSA) is 52.6 Å². The van der Waals surface area contributed by atoms with E-state index < -0.39 is 17.6 Å². The number of benzene rings is 1. The van der Waals surface area contributed by atoms with Gasteiger partial charge in [-0.3, -0.25) is 9.59 Å². The second-order valence-electron chi connectivity index (χ2n) is 8.75. The van der Waals surface area contributed by atoms with Crippen molar-refractivity contribution in [2.45, 2.75) is 116 Å². The molecule has 0 spiro atoms. The molecule has 0 bridgehead atoms. The molecule has 0 fully saturated rings. The molecule has 0 saturated carbocycles. The highest BCUT2D eigenvalue weighted by atomic mass is 19.1. The van der Waals surface area contributed by atoms with Crippen LogP contribution in [0.2, 0.25) is 0 Å². The normalized spacial score (nSPS) is 10.9. The minimum absolute atomic E-state index is 0.0217. The summed E-state index contributed by atoms with van der Waals surface area (Å²) in [4.78, 5) is 23.4. The molecule has 0 saturated heterocycles. The first-order valence-corrected chi connectivity index (χ1v) is 12.8. The van der Waals surface area contributed by atoms with Crippen LogP contribution in [-0.4, -0.2) is 18.5 Å². The Hall–Kier alpha value is -1.98. The van der Waals surface area contributed by atoms with E-state index in [9.17, 15) is 18.4 Å². The number of esters is 2. The molecule has 0 heterocycles. The number of hydrogen-bond donors (Lipinski definition) is 0. The lowest BCUT2D eigenvalue weighted by atomic mass is 10.0. The first-order valence-electron chi connectivity index (χ1n) is 12.8. The summed E-state index contributed by atoms with van der Waals surface area (Å²) in [5, 5.41) is 0. The van der Waals surface area contributed by atoms with Crippen molar-refractivity contribution in [3.63, 3.8) is 0 Å². The lowest BCUT2D eigenvalue weighted by Gasteiger charge is -2.06. The van der Waals surface area contributed by atoms with Gasteiger partial charge in [0.2, 0.25) is 0 Å². The van der Waals surface area contributed by atoms with E-state index >= 15 is 0 Å². The van der Waals surface area contributed by atoms with Crippen LogP contribution in [0, 0.1) is 11.6 Å². The second-order valence-corrected chi connectivity index (χ2v) is 8.75. The fraction of sp³-hybridized carbons (Fsp3) is 0.704. The van der Waals surface area contributed by atoms with E-state index in [1.54, 1.807) is 0 Å². The van der Waals surface area contributed by atoms with E-state index in [4.69, 9.17) is 9.47 Å². The number of carbonyl (C=O) groups is 2. The quantitative estimate of drug-likeness (QED) is 0.110. The number of unbranched alkanes of at least 4 members (excludes halogenated alkanes) is 13. The van der Waals surface area contributed by atoms with Gasteiger partial charge in [-0.15, -0.1) is 0 Å². The molecule has 0 atom stereocenters. The molecular formula is C27H42F2O4. The van der Waals surface area contributed by atoms with Crippen LogP contribution < -0.4 is 4.74 Å². The standard InChI is InChI=1S/C27H42F2O4/c1-2-3-4-5-6-7-8-9-10-11-12-13-14-15-19-32-26(30)17-16-18-27(31)33-25-21-23(28)20-24(29)22-25/h20-22H,2-19H2,1H3. The third kappa shape index (κ3) is 17.2. The van der Waals surface area contributed by atoms with Gasteiger partial charge in [-0.05, 0) is 12.8 Å². The monoisotopic (exact) mass is 468 g/mol. The van der Waals surface area contributed by atoms with Gasteiger partial charge < -0.3 is 9.47 Å². The Morgan fingerprint density at radius 2 is 1.09 bits per heavy atom. The van der Waals surface area contributed by atoms with E-state index in [0.717, 1.165) is 25.0 Å². The lowest BCUT2D eigenvalue weighted by molar-refractivity contribution is -0.144. The first-order chi connectivity index (χ1) is 16.0. The van der Waals surface area contributed by atoms with Gasteiger partial charge in [0.1, 0.15) is 17.4 Å². The Morgan fingerprint density at radius 1 is 0.636 bits per heavy atom. The van der Waals surface area contributed by atoms with Crippen molar-refractivity contribution in [2.75, 3.05) is 6.61 Å². The third-order valence-corrected chi connectivity index (χ3v) is 5.59. The Kier molecular flexibility index (Phi) is 17.2. The summed E-state index contributed by atoms with van der Waals surface area (Å²) in [5.74, 6) is -2.79. The van der Waals surface area contributed by atoms with Crippen LogP contribution in [0.4, 0.5) is 8.78 Å². The Morgan fingerprint density at radius 3 is 1.61 bits per heavy atom. The van der Waals surface area contributed by atoms with Crippen molar-refractivity contribution in [1.82, 2.24) is 0 Å². The predicted molar refractivity (Wildman–Crippen MR) is 127 cm³/mol. The van der Waals surface area contributed by atoms with Crippen molar-refractivity contribution < 1.29 is 27.8 Å². The average Bonchev–Trinajstić information content (AvgIpc) is 2.75. The van der Waals surface area contributed by atoms with E-state index in [-0.39, 0.29) is 31.0 Å². The molecule has 0 amide bonds. The predicted octanol–water partition coefficient (Wildman–Crippen LogP) is 8.07. The van der Waals surface area contributed by atoms with Crippen LogP contribution in [0.5, 0.6) is 5.75 Å². The van der Waals surface area contributed by atoms with E-state index in [2.05, 4.69) is 6.92 Å². The molecule has 33 heavy (non-hydrogen) atoms.